The Balaban J connectivity index is 1.71. The summed E-state index contributed by atoms with van der Waals surface area (Å²) in [6.07, 6.45) is 0. The van der Waals surface area contributed by atoms with Crippen LogP contribution in [0.3, 0.4) is 0 Å². The molecule has 0 radical (unpaired) electrons. The number of carbonyl (C=O) groups is 2. The van der Waals surface area contributed by atoms with E-state index in [1.807, 2.05) is 32.0 Å². The van der Waals surface area contributed by atoms with Crippen LogP contribution in [-0.2, 0) is 9.53 Å². The molecule has 0 spiro atoms. The van der Waals surface area contributed by atoms with E-state index in [-0.39, 0.29) is 17.0 Å². The number of carbonyl (C=O) groups excluding carboxylic acids is 2. The zero-order valence-corrected chi connectivity index (χ0v) is 16.5. The van der Waals surface area contributed by atoms with Crippen LogP contribution in [0.25, 0.3) is 11.3 Å². The van der Waals surface area contributed by atoms with E-state index in [1.165, 1.54) is 0 Å². The predicted octanol–water partition coefficient (Wildman–Crippen LogP) is 4.72. The minimum absolute atomic E-state index is 0.146. The van der Waals surface area contributed by atoms with Crippen molar-refractivity contribution in [3.05, 3.63) is 69.9 Å². The van der Waals surface area contributed by atoms with Crippen LogP contribution in [0, 0.1) is 20.8 Å². The van der Waals surface area contributed by atoms with Gasteiger partial charge in [0, 0.05) is 11.3 Å². The minimum atomic E-state index is -0.704. The molecule has 0 saturated carbocycles. The van der Waals surface area contributed by atoms with E-state index in [9.17, 15) is 9.59 Å². The lowest BCUT2D eigenvalue weighted by molar-refractivity contribution is -0.119. The molecular weight excluding hydrogens is 380 g/mol. The molecule has 1 heterocycles. The second kappa shape index (κ2) is 8.27. The van der Waals surface area contributed by atoms with Gasteiger partial charge in [0.25, 0.3) is 5.91 Å². The maximum absolute atomic E-state index is 12.6. The predicted molar refractivity (Wildman–Crippen MR) is 107 cm³/mol. The van der Waals surface area contributed by atoms with Crippen LogP contribution in [0.5, 0.6) is 0 Å². The summed E-state index contributed by atoms with van der Waals surface area (Å²) in [6, 6.07) is 12.6. The normalized spacial score (nSPS) is 10.6. The fraction of sp³-hybridized carbons (Fsp3) is 0.190. The first kappa shape index (κ1) is 19.6. The van der Waals surface area contributed by atoms with E-state index in [4.69, 9.17) is 20.9 Å². The van der Waals surface area contributed by atoms with Crippen molar-refractivity contribution in [1.29, 1.82) is 0 Å². The topological polar surface area (TPSA) is 81.4 Å². The summed E-state index contributed by atoms with van der Waals surface area (Å²) < 4.78 is 10.3. The number of nitrogens with zero attached hydrogens (tertiary/aromatic N) is 1. The molecule has 1 amide bonds. The number of aromatic nitrogens is 1. The number of hydrogen-bond donors (Lipinski definition) is 1. The number of amides is 1. The second-order valence-electron chi connectivity index (χ2n) is 6.38. The molecular formula is C21H19ClN2O4. The summed E-state index contributed by atoms with van der Waals surface area (Å²) in [6.45, 7) is 5.03. The highest BCUT2D eigenvalue weighted by atomic mass is 35.5. The lowest BCUT2D eigenvalue weighted by Gasteiger charge is -2.10. The highest BCUT2D eigenvalue weighted by molar-refractivity contribution is 6.33. The van der Waals surface area contributed by atoms with Crippen molar-refractivity contribution < 1.29 is 18.8 Å². The Kier molecular flexibility index (Phi) is 5.80. The highest BCUT2D eigenvalue weighted by Gasteiger charge is 2.25. The highest BCUT2D eigenvalue weighted by Crippen LogP contribution is 2.31. The average molecular weight is 399 g/mol. The summed E-state index contributed by atoms with van der Waals surface area (Å²) >= 11 is 6.19. The fourth-order valence-electron chi connectivity index (χ4n) is 2.79. The lowest BCUT2D eigenvalue weighted by Crippen LogP contribution is -2.21. The molecule has 6 nitrogen and oxygen atoms in total. The molecule has 0 aliphatic rings. The van der Waals surface area contributed by atoms with Gasteiger partial charge in [-0.1, -0.05) is 52.7 Å². The molecule has 0 fully saturated rings. The van der Waals surface area contributed by atoms with E-state index in [2.05, 4.69) is 10.5 Å². The molecule has 7 heteroatoms. The third-order valence-corrected chi connectivity index (χ3v) is 4.52. The first-order chi connectivity index (χ1) is 13.4. The molecule has 28 heavy (non-hydrogen) atoms. The average Bonchev–Trinajstić information content (AvgIpc) is 3.04. The van der Waals surface area contributed by atoms with E-state index in [0.717, 1.165) is 11.1 Å². The summed E-state index contributed by atoms with van der Waals surface area (Å²) in [5, 5.41) is 7.08. The first-order valence-corrected chi connectivity index (χ1v) is 9.00. The zero-order chi connectivity index (χ0) is 20.3. The van der Waals surface area contributed by atoms with Gasteiger partial charge in [-0.15, -0.1) is 0 Å². The Bertz CT molecular complexity index is 1040. The van der Waals surface area contributed by atoms with Gasteiger partial charge in [-0.25, -0.2) is 4.79 Å². The van der Waals surface area contributed by atoms with Crippen LogP contribution in [-0.4, -0.2) is 23.6 Å². The third-order valence-electron chi connectivity index (χ3n) is 4.19. The summed E-state index contributed by atoms with van der Waals surface area (Å²) in [5.41, 5.74) is 3.67. The van der Waals surface area contributed by atoms with Gasteiger partial charge in [0.2, 0.25) is 0 Å². The number of halogens is 1. The van der Waals surface area contributed by atoms with Gasteiger partial charge in [0.05, 0.1) is 5.02 Å². The van der Waals surface area contributed by atoms with Crippen molar-refractivity contribution >= 4 is 29.2 Å². The molecule has 3 rings (SSSR count). The quantitative estimate of drug-likeness (QED) is 0.629. The van der Waals surface area contributed by atoms with Crippen LogP contribution in [0.2, 0.25) is 5.02 Å². The number of anilines is 1. The van der Waals surface area contributed by atoms with Gasteiger partial charge in [-0.2, -0.15) is 0 Å². The summed E-state index contributed by atoms with van der Waals surface area (Å²) in [4.78, 5) is 24.7. The first-order valence-electron chi connectivity index (χ1n) is 8.62. The molecule has 0 aliphatic carbocycles. The smallest absolute Gasteiger partial charge is 0.344 e. The molecule has 144 valence electrons. The molecule has 1 aromatic heterocycles. The second-order valence-corrected chi connectivity index (χ2v) is 6.79. The Hall–Kier alpha value is -3.12. The maximum Gasteiger partial charge on any atom is 0.344 e. The Labute approximate surface area is 167 Å². The number of rotatable bonds is 5. The van der Waals surface area contributed by atoms with Crippen molar-refractivity contribution in [3.8, 4) is 11.3 Å². The van der Waals surface area contributed by atoms with Crippen LogP contribution >= 0.6 is 11.6 Å². The van der Waals surface area contributed by atoms with Crippen molar-refractivity contribution in [2.75, 3.05) is 11.9 Å². The van der Waals surface area contributed by atoms with Crippen molar-refractivity contribution in [1.82, 2.24) is 5.16 Å². The van der Waals surface area contributed by atoms with Crippen LogP contribution in [0.4, 0.5) is 5.69 Å². The lowest BCUT2D eigenvalue weighted by atomic mass is 10.1. The number of benzene rings is 2. The van der Waals surface area contributed by atoms with E-state index < -0.39 is 18.5 Å². The molecule has 0 unspecified atom stereocenters. The number of nitrogens with one attached hydrogen (secondary N) is 1. The number of hydrogen-bond acceptors (Lipinski definition) is 5. The SMILES string of the molecule is Cc1ccc(NC(=O)COC(=O)c2c(-c3ccccc3Cl)noc2C)c(C)c1. The number of ether oxygens (including phenoxy) is 1. The standard InChI is InChI=1S/C21H19ClN2O4/c1-12-8-9-17(13(2)10-12)23-18(25)11-27-21(26)19-14(3)28-24-20(19)15-6-4-5-7-16(15)22/h4-10H,11H2,1-3H3,(H,23,25). The van der Waals surface area contributed by atoms with Gasteiger partial charge in [0.1, 0.15) is 17.0 Å². The van der Waals surface area contributed by atoms with Crippen molar-refractivity contribution in [3.63, 3.8) is 0 Å². The monoisotopic (exact) mass is 398 g/mol. The molecule has 0 bridgehead atoms. The van der Waals surface area contributed by atoms with Gasteiger partial charge in [0.15, 0.2) is 6.61 Å². The van der Waals surface area contributed by atoms with Crippen LogP contribution in [0.1, 0.15) is 27.2 Å². The van der Waals surface area contributed by atoms with E-state index in [0.29, 0.717) is 16.3 Å². The molecule has 0 saturated heterocycles. The van der Waals surface area contributed by atoms with Crippen molar-refractivity contribution in [2.24, 2.45) is 0 Å². The molecule has 3 aromatic rings. The zero-order valence-electron chi connectivity index (χ0n) is 15.7. The molecule has 0 aliphatic heterocycles. The molecule has 0 atom stereocenters. The Morgan fingerprint density at radius 3 is 2.61 bits per heavy atom. The number of esters is 1. The fourth-order valence-corrected chi connectivity index (χ4v) is 3.02. The summed E-state index contributed by atoms with van der Waals surface area (Å²) in [7, 11) is 0. The van der Waals surface area contributed by atoms with Gasteiger partial charge in [-0.05, 0) is 38.5 Å². The van der Waals surface area contributed by atoms with Crippen molar-refractivity contribution in [2.45, 2.75) is 20.8 Å². The van der Waals surface area contributed by atoms with Crippen LogP contribution < -0.4 is 5.32 Å². The molecule has 1 N–H and O–H groups in total. The van der Waals surface area contributed by atoms with Gasteiger partial charge >= 0.3 is 5.97 Å². The van der Waals surface area contributed by atoms with Crippen LogP contribution in [0.15, 0.2) is 47.0 Å². The third kappa shape index (κ3) is 4.23. The maximum atomic E-state index is 12.6. The molecule has 2 aromatic carbocycles. The minimum Gasteiger partial charge on any atom is -0.452 e. The largest absolute Gasteiger partial charge is 0.452 e. The summed E-state index contributed by atoms with van der Waals surface area (Å²) in [5.74, 6) is -0.854. The van der Waals surface area contributed by atoms with E-state index >= 15 is 0 Å². The Morgan fingerprint density at radius 1 is 1.14 bits per heavy atom. The van der Waals surface area contributed by atoms with Gasteiger partial charge in [-0.3, -0.25) is 4.79 Å². The van der Waals surface area contributed by atoms with E-state index in [1.54, 1.807) is 31.2 Å². The number of aryl methyl sites for hydroxylation is 3. The Morgan fingerprint density at radius 2 is 1.89 bits per heavy atom. The van der Waals surface area contributed by atoms with Gasteiger partial charge < -0.3 is 14.6 Å².